The highest BCUT2D eigenvalue weighted by Gasteiger charge is 2.58. The predicted molar refractivity (Wildman–Crippen MR) is 44.7 cm³/mol. The third-order valence-corrected chi connectivity index (χ3v) is 3.12. The average molecular weight is 169 g/mol. The molecule has 2 bridgehead atoms. The van der Waals surface area contributed by atoms with E-state index < -0.39 is 0 Å². The average Bonchev–Trinajstić information content (AvgIpc) is 2.42. The zero-order valence-electron chi connectivity index (χ0n) is 7.81. The molecule has 2 fully saturated rings. The lowest BCUT2D eigenvalue weighted by Gasteiger charge is -2.38. The molecule has 3 nitrogen and oxygen atoms in total. The highest BCUT2D eigenvalue weighted by molar-refractivity contribution is 5.80. The first kappa shape index (κ1) is 8.05. The van der Waals surface area contributed by atoms with Crippen LogP contribution in [0.2, 0.25) is 0 Å². The van der Waals surface area contributed by atoms with E-state index in [1.54, 1.807) is 0 Å². The van der Waals surface area contributed by atoms with Crippen LogP contribution < -0.4 is 5.32 Å². The maximum atomic E-state index is 11.2. The number of hydrogen-bond acceptors (Lipinski definition) is 3. The molecule has 0 amide bonds. The van der Waals surface area contributed by atoms with Gasteiger partial charge in [0.05, 0.1) is 0 Å². The molecular weight excluding hydrogens is 154 g/mol. The quantitative estimate of drug-likeness (QED) is 0.542. The molecule has 2 aliphatic rings. The smallest absolute Gasteiger partial charge is 0.323 e. The predicted octanol–water partition coefficient (Wildman–Crippen LogP) is 0.690. The van der Waals surface area contributed by atoms with Gasteiger partial charge in [0.2, 0.25) is 0 Å². The monoisotopic (exact) mass is 169 g/mol. The van der Waals surface area contributed by atoms with E-state index in [9.17, 15) is 4.79 Å². The van der Waals surface area contributed by atoms with Crippen molar-refractivity contribution >= 4 is 5.97 Å². The van der Waals surface area contributed by atoms with Gasteiger partial charge in [-0.2, -0.15) is 0 Å². The van der Waals surface area contributed by atoms with Crippen molar-refractivity contribution in [2.45, 2.75) is 38.8 Å². The first-order valence-electron chi connectivity index (χ1n) is 4.41. The third kappa shape index (κ3) is 0.829. The fourth-order valence-electron chi connectivity index (χ4n) is 1.99. The lowest BCUT2D eigenvalue weighted by atomic mass is 9.76. The van der Waals surface area contributed by atoms with E-state index in [1.165, 1.54) is 0 Å². The molecule has 3 heteroatoms. The van der Waals surface area contributed by atoms with Gasteiger partial charge in [-0.05, 0) is 0 Å². The summed E-state index contributed by atoms with van der Waals surface area (Å²) in [6, 6.07) is -0.0378. The number of morpholine rings is 1. The Labute approximate surface area is 72.5 Å². The molecular formula is C9H15NO2. The molecule has 2 saturated heterocycles. The first-order chi connectivity index (χ1) is 5.45. The molecule has 0 aromatic carbocycles. The molecule has 2 heterocycles. The van der Waals surface area contributed by atoms with Crippen LogP contribution in [0.3, 0.4) is 0 Å². The molecule has 2 atom stereocenters. The summed E-state index contributed by atoms with van der Waals surface area (Å²) < 4.78 is 5.41. The summed E-state index contributed by atoms with van der Waals surface area (Å²) in [7, 11) is 0. The molecule has 2 aliphatic heterocycles. The summed E-state index contributed by atoms with van der Waals surface area (Å²) in [5, 5.41) is 3.18. The van der Waals surface area contributed by atoms with Gasteiger partial charge in [0, 0.05) is 18.4 Å². The lowest BCUT2D eigenvalue weighted by Crippen LogP contribution is -2.49. The van der Waals surface area contributed by atoms with Gasteiger partial charge in [0.1, 0.15) is 11.6 Å². The Bertz CT molecular complexity index is 231. The lowest BCUT2D eigenvalue weighted by molar-refractivity contribution is -0.162. The second-order valence-electron chi connectivity index (χ2n) is 4.80. The zero-order valence-corrected chi connectivity index (χ0v) is 7.81. The number of hydrogen-bond donors (Lipinski definition) is 1. The second-order valence-corrected chi connectivity index (χ2v) is 4.80. The Morgan fingerprint density at radius 1 is 1.58 bits per heavy atom. The van der Waals surface area contributed by atoms with E-state index in [-0.39, 0.29) is 23.0 Å². The van der Waals surface area contributed by atoms with Crippen LogP contribution in [0.25, 0.3) is 0 Å². The van der Waals surface area contributed by atoms with Crippen LogP contribution in [-0.4, -0.2) is 24.2 Å². The number of esters is 1. The van der Waals surface area contributed by atoms with E-state index in [0.29, 0.717) is 0 Å². The van der Waals surface area contributed by atoms with Gasteiger partial charge in [-0.3, -0.25) is 4.79 Å². The van der Waals surface area contributed by atoms with E-state index in [1.807, 2.05) is 0 Å². The van der Waals surface area contributed by atoms with Crippen molar-refractivity contribution in [3.63, 3.8) is 0 Å². The fraction of sp³-hybridized carbons (Fsp3) is 0.889. The topological polar surface area (TPSA) is 38.3 Å². The first-order valence-corrected chi connectivity index (χ1v) is 4.41. The van der Waals surface area contributed by atoms with Crippen molar-refractivity contribution in [3.05, 3.63) is 0 Å². The standard InChI is InChI=1S/C9H15NO2/c1-8(2,3)9-4-6(10-5-9)7(11)12-9/h6,10H,4-5H2,1-3H3/t6-,9+/m0/s1. The van der Waals surface area contributed by atoms with Crippen LogP contribution >= 0.6 is 0 Å². The summed E-state index contributed by atoms with van der Waals surface area (Å²) in [4.78, 5) is 11.2. The van der Waals surface area contributed by atoms with Crippen LogP contribution in [-0.2, 0) is 9.53 Å². The van der Waals surface area contributed by atoms with E-state index in [0.717, 1.165) is 13.0 Å². The van der Waals surface area contributed by atoms with Crippen LogP contribution in [0.4, 0.5) is 0 Å². The molecule has 0 spiro atoms. The normalized spacial score (nSPS) is 40.2. The minimum Gasteiger partial charge on any atom is -0.456 e. The Hall–Kier alpha value is -0.570. The van der Waals surface area contributed by atoms with Gasteiger partial charge in [-0.15, -0.1) is 0 Å². The summed E-state index contributed by atoms with van der Waals surface area (Å²) in [5.74, 6) is -0.0730. The van der Waals surface area contributed by atoms with E-state index in [2.05, 4.69) is 26.1 Å². The second kappa shape index (κ2) is 2.02. The zero-order chi connectivity index (χ0) is 8.98. The number of carbonyl (C=O) groups is 1. The molecule has 68 valence electrons. The van der Waals surface area contributed by atoms with Gasteiger partial charge in [-0.25, -0.2) is 0 Å². The highest BCUT2D eigenvalue weighted by atomic mass is 16.6. The molecule has 12 heavy (non-hydrogen) atoms. The van der Waals surface area contributed by atoms with Crippen molar-refractivity contribution in [2.75, 3.05) is 6.54 Å². The molecule has 0 unspecified atom stereocenters. The van der Waals surface area contributed by atoms with Crippen LogP contribution in [0.15, 0.2) is 0 Å². The Morgan fingerprint density at radius 3 is 2.50 bits per heavy atom. The highest BCUT2D eigenvalue weighted by Crippen LogP contribution is 2.45. The van der Waals surface area contributed by atoms with Crippen LogP contribution in [0, 0.1) is 5.41 Å². The third-order valence-electron chi connectivity index (χ3n) is 3.12. The van der Waals surface area contributed by atoms with Crippen molar-refractivity contribution in [2.24, 2.45) is 5.41 Å². The number of carbonyl (C=O) groups excluding carboxylic acids is 1. The minimum absolute atomic E-state index is 0.0378. The Morgan fingerprint density at radius 2 is 2.25 bits per heavy atom. The minimum atomic E-state index is -0.241. The maximum absolute atomic E-state index is 11.2. The van der Waals surface area contributed by atoms with Gasteiger partial charge in [0.15, 0.2) is 0 Å². The molecule has 2 rings (SSSR count). The largest absolute Gasteiger partial charge is 0.456 e. The molecule has 0 aliphatic carbocycles. The number of rotatable bonds is 0. The molecule has 0 saturated carbocycles. The summed E-state index contributed by atoms with van der Waals surface area (Å²) in [6.07, 6.45) is 0.843. The molecule has 0 radical (unpaired) electrons. The number of fused-ring (bicyclic) bond motifs is 2. The van der Waals surface area contributed by atoms with Gasteiger partial charge in [0.25, 0.3) is 0 Å². The Kier molecular flexibility index (Phi) is 1.35. The summed E-state index contributed by atoms with van der Waals surface area (Å²) in [6.45, 7) is 7.17. The molecule has 0 aromatic rings. The van der Waals surface area contributed by atoms with Gasteiger partial charge >= 0.3 is 5.97 Å². The van der Waals surface area contributed by atoms with Gasteiger partial charge in [-0.1, -0.05) is 20.8 Å². The van der Waals surface area contributed by atoms with Crippen LogP contribution in [0.5, 0.6) is 0 Å². The number of ether oxygens (including phenoxy) is 1. The van der Waals surface area contributed by atoms with Crippen LogP contribution in [0.1, 0.15) is 27.2 Å². The fourth-order valence-corrected chi connectivity index (χ4v) is 1.99. The Balaban J connectivity index is 2.30. The number of nitrogens with one attached hydrogen (secondary N) is 1. The molecule has 1 N–H and O–H groups in total. The molecule has 0 aromatic heterocycles. The van der Waals surface area contributed by atoms with E-state index in [4.69, 9.17) is 4.74 Å². The van der Waals surface area contributed by atoms with Gasteiger partial charge < -0.3 is 10.1 Å². The van der Waals surface area contributed by atoms with E-state index >= 15 is 0 Å². The summed E-state index contributed by atoms with van der Waals surface area (Å²) >= 11 is 0. The summed E-state index contributed by atoms with van der Waals surface area (Å²) in [5.41, 5.74) is -0.199. The van der Waals surface area contributed by atoms with Crippen molar-refractivity contribution in [1.82, 2.24) is 5.32 Å². The van der Waals surface area contributed by atoms with Crippen molar-refractivity contribution in [1.29, 1.82) is 0 Å². The SMILES string of the molecule is CC(C)(C)[C@]12CN[C@@H](C1)C(=O)O2. The maximum Gasteiger partial charge on any atom is 0.323 e. The van der Waals surface area contributed by atoms with Crippen molar-refractivity contribution < 1.29 is 9.53 Å². The van der Waals surface area contributed by atoms with Crippen molar-refractivity contribution in [3.8, 4) is 0 Å².